The SMILES string of the molecule is COC1(Cl)C=CC=CN1. The topological polar surface area (TPSA) is 21.3 Å². The minimum Gasteiger partial charge on any atom is -0.348 e. The minimum atomic E-state index is -0.825. The van der Waals surface area contributed by atoms with Gasteiger partial charge in [0.15, 0.2) is 0 Å². The van der Waals surface area contributed by atoms with Gasteiger partial charge in [0.25, 0.3) is 0 Å². The van der Waals surface area contributed by atoms with Crippen LogP contribution in [-0.2, 0) is 4.74 Å². The van der Waals surface area contributed by atoms with E-state index in [4.69, 9.17) is 16.3 Å². The van der Waals surface area contributed by atoms with Gasteiger partial charge in [-0.2, -0.15) is 0 Å². The van der Waals surface area contributed by atoms with Gasteiger partial charge < -0.3 is 10.1 Å². The highest BCUT2D eigenvalue weighted by Gasteiger charge is 2.21. The smallest absolute Gasteiger partial charge is 0.236 e. The normalized spacial score (nSPS) is 32.2. The number of halogens is 1. The summed E-state index contributed by atoms with van der Waals surface area (Å²) in [6.45, 7) is 0. The molecule has 50 valence electrons. The van der Waals surface area contributed by atoms with E-state index in [9.17, 15) is 0 Å². The van der Waals surface area contributed by atoms with Crippen LogP contribution in [0.25, 0.3) is 0 Å². The monoisotopic (exact) mass is 145 g/mol. The van der Waals surface area contributed by atoms with Crippen LogP contribution in [0, 0.1) is 0 Å². The van der Waals surface area contributed by atoms with Gasteiger partial charge in [0, 0.05) is 13.3 Å². The third-order valence-corrected chi connectivity index (χ3v) is 1.48. The molecule has 0 radical (unpaired) electrons. The van der Waals surface area contributed by atoms with Gasteiger partial charge >= 0.3 is 0 Å². The van der Waals surface area contributed by atoms with Gasteiger partial charge in [0.2, 0.25) is 5.18 Å². The summed E-state index contributed by atoms with van der Waals surface area (Å²) in [5, 5.41) is 2.00. The quantitative estimate of drug-likeness (QED) is 0.442. The summed E-state index contributed by atoms with van der Waals surface area (Å²) >= 11 is 5.79. The molecule has 2 nitrogen and oxygen atoms in total. The van der Waals surface area contributed by atoms with E-state index in [1.807, 2.05) is 12.2 Å². The molecule has 0 aliphatic carbocycles. The molecule has 1 aliphatic rings. The van der Waals surface area contributed by atoms with Gasteiger partial charge in [0.05, 0.1) is 0 Å². The number of rotatable bonds is 1. The number of alkyl halides is 1. The second-order valence-corrected chi connectivity index (χ2v) is 2.27. The fourth-order valence-electron chi connectivity index (χ4n) is 0.572. The van der Waals surface area contributed by atoms with Crippen LogP contribution in [0.1, 0.15) is 0 Å². The summed E-state index contributed by atoms with van der Waals surface area (Å²) in [5.74, 6) is 0. The summed E-state index contributed by atoms with van der Waals surface area (Å²) in [4.78, 5) is 0. The maximum absolute atomic E-state index is 5.79. The number of ether oxygens (including phenoxy) is 1. The third kappa shape index (κ3) is 1.47. The molecular weight excluding hydrogens is 138 g/mol. The zero-order valence-corrected chi connectivity index (χ0v) is 5.85. The molecule has 0 spiro atoms. The predicted octanol–water partition coefficient (Wildman–Crippen LogP) is 1.20. The van der Waals surface area contributed by atoms with Crippen molar-refractivity contribution in [2.45, 2.75) is 5.18 Å². The summed E-state index contributed by atoms with van der Waals surface area (Å²) < 4.78 is 4.89. The zero-order valence-electron chi connectivity index (χ0n) is 5.10. The van der Waals surface area contributed by atoms with Crippen LogP contribution in [0.3, 0.4) is 0 Å². The van der Waals surface area contributed by atoms with Crippen molar-refractivity contribution in [1.29, 1.82) is 0 Å². The average Bonchev–Trinajstić information content (AvgIpc) is 1.90. The van der Waals surface area contributed by atoms with Crippen molar-refractivity contribution < 1.29 is 4.74 Å². The van der Waals surface area contributed by atoms with Crippen LogP contribution in [0.2, 0.25) is 0 Å². The molecule has 0 bridgehead atoms. The molecule has 1 atom stereocenters. The van der Waals surface area contributed by atoms with Crippen LogP contribution >= 0.6 is 11.6 Å². The van der Waals surface area contributed by atoms with Crippen LogP contribution in [0.4, 0.5) is 0 Å². The summed E-state index contributed by atoms with van der Waals surface area (Å²) in [7, 11) is 1.55. The molecular formula is C6H8ClNO. The van der Waals surface area contributed by atoms with Crippen molar-refractivity contribution in [2.24, 2.45) is 0 Å². The molecule has 0 aromatic rings. The molecule has 0 fully saturated rings. The van der Waals surface area contributed by atoms with Crippen LogP contribution < -0.4 is 5.32 Å². The van der Waals surface area contributed by atoms with Crippen molar-refractivity contribution in [1.82, 2.24) is 5.32 Å². The number of hydrogen-bond acceptors (Lipinski definition) is 2. The first-order chi connectivity index (χ1) is 4.27. The summed E-state index contributed by atoms with van der Waals surface area (Å²) in [6.07, 6.45) is 7.14. The number of nitrogens with one attached hydrogen (secondary N) is 1. The van der Waals surface area contributed by atoms with E-state index < -0.39 is 5.18 Å². The Morgan fingerprint density at radius 2 is 2.33 bits per heavy atom. The van der Waals surface area contributed by atoms with E-state index >= 15 is 0 Å². The van der Waals surface area contributed by atoms with E-state index in [1.54, 1.807) is 19.4 Å². The maximum Gasteiger partial charge on any atom is 0.236 e. The predicted molar refractivity (Wildman–Crippen MR) is 37.0 cm³/mol. The Morgan fingerprint density at radius 1 is 1.56 bits per heavy atom. The first kappa shape index (κ1) is 6.65. The summed E-state index contributed by atoms with van der Waals surface area (Å²) in [6, 6.07) is 0. The summed E-state index contributed by atoms with van der Waals surface area (Å²) in [5.41, 5.74) is 0. The fraction of sp³-hybridized carbons (Fsp3) is 0.333. The van der Waals surface area contributed by atoms with E-state index in [-0.39, 0.29) is 0 Å². The molecule has 1 rings (SSSR count). The van der Waals surface area contributed by atoms with E-state index in [1.165, 1.54) is 0 Å². The van der Waals surface area contributed by atoms with Gasteiger partial charge in [-0.25, -0.2) is 0 Å². The Labute approximate surface area is 59.1 Å². The molecule has 0 amide bonds. The van der Waals surface area contributed by atoms with E-state index in [0.717, 1.165) is 0 Å². The zero-order chi connectivity index (χ0) is 6.74. The first-order valence-corrected chi connectivity index (χ1v) is 3.01. The van der Waals surface area contributed by atoms with E-state index in [0.29, 0.717) is 0 Å². The largest absolute Gasteiger partial charge is 0.348 e. The number of methoxy groups -OCH3 is 1. The molecule has 1 aliphatic heterocycles. The molecule has 9 heavy (non-hydrogen) atoms. The number of hydrogen-bond donors (Lipinski definition) is 1. The van der Waals surface area contributed by atoms with Crippen LogP contribution in [-0.4, -0.2) is 12.3 Å². The third-order valence-electron chi connectivity index (χ3n) is 1.10. The van der Waals surface area contributed by atoms with Crippen LogP contribution in [0.15, 0.2) is 24.4 Å². The molecule has 1 unspecified atom stereocenters. The Morgan fingerprint density at radius 3 is 2.67 bits per heavy atom. The van der Waals surface area contributed by atoms with Gasteiger partial charge in [0.1, 0.15) is 0 Å². The molecule has 0 saturated heterocycles. The first-order valence-electron chi connectivity index (χ1n) is 2.63. The lowest BCUT2D eigenvalue weighted by molar-refractivity contribution is 0.0861. The molecule has 1 N–H and O–H groups in total. The average molecular weight is 146 g/mol. The van der Waals surface area contributed by atoms with Crippen molar-refractivity contribution in [3.63, 3.8) is 0 Å². The van der Waals surface area contributed by atoms with Crippen molar-refractivity contribution in [3.05, 3.63) is 24.4 Å². The minimum absolute atomic E-state index is 0.825. The molecule has 3 heteroatoms. The fourth-order valence-corrected chi connectivity index (χ4v) is 0.707. The maximum atomic E-state index is 5.79. The van der Waals surface area contributed by atoms with Crippen LogP contribution in [0.5, 0.6) is 0 Å². The van der Waals surface area contributed by atoms with E-state index in [2.05, 4.69) is 5.32 Å². The van der Waals surface area contributed by atoms with Crippen molar-refractivity contribution in [3.8, 4) is 0 Å². The second-order valence-electron chi connectivity index (χ2n) is 1.71. The van der Waals surface area contributed by atoms with Gasteiger partial charge in [-0.15, -0.1) is 0 Å². The van der Waals surface area contributed by atoms with Crippen molar-refractivity contribution in [2.75, 3.05) is 7.11 Å². The van der Waals surface area contributed by atoms with Crippen molar-refractivity contribution >= 4 is 11.6 Å². The molecule has 0 aromatic carbocycles. The lowest BCUT2D eigenvalue weighted by Crippen LogP contribution is -2.36. The lowest BCUT2D eigenvalue weighted by Gasteiger charge is -2.23. The van der Waals surface area contributed by atoms with Gasteiger partial charge in [-0.1, -0.05) is 17.7 Å². The standard InChI is InChI=1S/C6H8ClNO/c1-9-6(7)4-2-3-5-8-6/h2-5,8H,1H3. The van der Waals surface area contributed by atoms with Gasteiger partial charge in [-0.3, -0.25) is 0 Å². The lowest BCUT2D eigenvalue weighted by atomic mass is 10.4. The second kappa shape index (κ2) is 2.42. The Kier molecular flexibility index (Phi) is 1.78. The highest BCUT2D eigenvalue weighted by atomic mass is 35.5. The highest BCUT2D eigenvalue weighted by molar-refractivity contribution is 6.24. The molecule has 0 aromatic heterocycles. The highest BCUT2D eigenvalue weighted by Crippen LogP contribution is 2.15. The Bertz CT molecular complexity index is 155. The van der Waals surface area contributed by atoms with Gasteiger partial charge in [-0.05, 0) is 12.2 Å². The number of dihydropyridines is 1. The Balaban J connectivity index is 2.63. The Hall–Kier alpha value is -0.470. The molecule has 0 saturated carbocycles. The number of allylic oxidation sites excluding steroid dienone is 2. The molecule has 1 heterocycles.